The number of nitrogens with one attached hydrogen (secondary N) is 1. The highest BCUT2D eigenvalue weighted by Gasteiger charge is 2.20. The molecule has 5 heteroatoms. The van der Waals surface area contributed by atoms with E-state index < -0.39 is 0 Å². The van der Waals surface area contributed by atoms with Gasteiger partial charge in [-0.1, -0.05) is 133 Å². The first kappa shape index (κ1) is 30.3. The summed E-state index contributed by atoms with van der Waals surface area (Å²) in [5.41, 5.74) is 10.3. The average molecular weight is 640 g/mol. The highest BCUT2D eigenvalue weighted by Crippen LogP contribution is 2.31. The van der Waals surface area contributed by atoms with Gasteiger partial charge in [-0.25, -0.2) is 9.98 Å². The number of fused-ring (bicyclic) bond motifs is 1. The Labute approximate surface area is 290 Å². The Morgan fingerprint density at radius 1 is 0.440 bits per heavy atom. The van der Waals surface area contributed by atoms with Crippen LogP contribution in [-0.2, 0) is 0 Å². The summed E-state index contributed by atoms with van der Waals surface area (Å²) in [5.74, 6) is 1.50. The fraction of sp³-hybridized carbons (Fsp3) is 0.0222. The van der Waals surface area contributed by atoms with Crippen molar-refractivity contribution in [1.82, 2.24) is 5.32 Å². The van der Waals surface area contributed by atoms with Crippen LogP contribution in [0.15, 0.2) is 174 Å². The predicted octanol–water partition coefficient (Wildman–Crippen LogP) is 10.1. The molecule has 8 rings (SSSR count). The molecule has 0 amide bonds. The zero-order chi connectivity index (χ0) is 33.9. The Kier molecular flexibility index (Phi) is 7.99. The Morgan fingerprint density at radius 2 is 0.920 bits per heavy atom. The Bertz CT molecular complexity index is 2470. The zero-order valence-electron chi connectivity index (χ0n) is 27.0. The molecule has 0 saturated carbocycles. The van der Waals surface area contributed by atoms with Crippen molar-refractivity contribution >= 4 is 22.4 Å². The fourth-order valence-electron chi connectivity index (χ4n) is 6.32. The zero-order valence-corrected chi connectivity index (χ0v) is 27.0. The second-order valence-electron chi connectivity index (χ2n) is 12.2. The summed E-state index contributed by atoms with van der Waals surface area (Å²) >= 11 is 0. The Hall–Kier alpha value is -7.08. The second-order valence-corrected chi connectivity index (χ2v) is 12.2. The van der Waals surface area contributed by atoms with Crippen molar-refractivity contribution in [2.24, 2.45) is 9.98 Å². The number of rotatable bonds is 6. The molecule has 1 atom stereocenters. The lowest BCUT2D eigenvalue weighted by Gasteiger charge is -2.23. The molecule has 0 aliphatic carbocycles. The molecule has 1 aliphatic heterocycles. The van der Waals surface area contributed by atoms with Crippen LogP contribution in [0.4, 0.5) is 0 Å². The van der Waals surface area contributed by atoms with Gasteiger partial charge in [-0.3, -0.25) is 0 Å². The van der Waals surface area contributed by atoms with Gasteiger partial charge in [0.05, 0.1) is 23.3 Å². The van der Waals surface area contributed by atoms with Crippen LogP contribution in [0.5, 0.6) is 0 Å². The van der Waals surface area contributed by atoms with E-state index in [4.69, 9.17) is 9.98 Å². The number of nitriles is 2. The smallest absolute Gasteiger partial charge is 0.159 e. The van der Waals surface area contributed by atoms with Gasteiger partial charge in [0.15, 0.2) is 5.84 Å². The molecule has 0 radical (unpaired) electrons. The molecule has 1 N–H and O–H groups in total. The normalized spacial score (nSPS) is 13.8. The van der Waals surface area contributed by atoms with E-state index in [1.165, 1.54) is 0 Å². The molecule has 5 nitrogen and oxygen atoms in total. The van der Waals surface area contributed by atoms with Gasteiger partial charge < -0.3 is 5.32 Å². The average Bonchev–Trinajstić information content (AvgIpc) is 3.21. The molecule has 50 heavy (non-hydrogen) atoms. The van der Waals surface area contributed by atoms with E-state index in [1.54, 1.807) is 6.07 Å². The molecule has 7 aromatic carbocycles. The van der Waals surface area contributed by atoms with Gasteiger partial charge in [0.25, 0.3) is 0 Å². The van der Waals surface area contributed by atoms with Crippen molar-refractivity contribution in [2.45, 2.75) is 6.17 Å². The number of aliphatic imine (C=N–C) groups is 2. The molecule has 0 fully saturated rings. The lowest BCUT2D eigenvalue weighted by atomic mass is 9.95. The van der Waals surface area contributed by atoms with E-state index in [1.807, 2.05) is 60.7 Å². The maximum Gasteiger partial charge on any atom is 0.159 e. The van der Waals surface area contributed by atoms with Crippen molar-refractivity contribution in [3.63, 3.8) is 0 Å². The molecule has 234 valence electrons. The molecular formula is C45H29N5. The van der Waals surface area contributed by atoms with E-state index in [-0.39, 0.29) is 6.17 Å². The summed E-state index contributed by atoms with van der Waals surface area (Å²) in [5, 5.41) is 24.6. The summed E-state index contributed by atoms with van der Waals surface area (Å²) in [6.45, 7) is 0. The van der Waals surface area contributed by atoms with Gasteiger partial charge in [0.1, 0.15) is 12.0 Å². The summed E-state index contributed by atoms with van der Waals surface area (Å²) < 4.78 is 0. The maximum absolute atomic E-state index is 9.36. The summed E-state index contributed by atoms with van der Waals surface area (Å²) in [6, 6.07) is 59.7. The third-order valence-corrected chi connectivity index (χ3v) is 8.96. The van der Waals surface area contributed by atoms with Crippen molar-refractivity contribution in [3.05, 3.63) is 192 Å². The van der Waals surface area contributed by atoms with Crippen LogP contribution in [-0.4, -0.2) is 11.7 Å². The number of nitrogens with zero attached hydrogens (tertiary/aromatic N) is 4. The molecule has 0 bridgehead atoms. The quantitative estimate of drug-likeness (QED) is 0.197. The van der Waals surface area contributed by atoms with E-state index in [9.17, 15) is 10.5 Å². The number of benzene rings is 7. The van der Waals surface area contributed by atoms with Crippen LogP contribution < -0.4 is 5.32 Å². The molecule has 1 unspecified atom stereocenters. The second kappa shape index (κ2) is 13.2. The minimum atomic E-state index is -0.235. The van der Waals surface area contributed by atoms with Crippen LogP contribution in [0.25, 0.3) is 44.2 Å². The molecule has 1 heterocycles. The van der Waals surface area contributed by atoms with E-state index in [2.05, 4.69) is 115 Å². The topological polar surface area (TPSA) is 84.3 Å². The van der Waals surface area contributed by atoms with Crippen molar-refractivity contribution < 1.29 is 0 Å². The van der Waals surface area contributed by atoms with Crippen molar-refractivity contribution in [3.8, 4) is 45.5 Å². The molecular weight excluding hydrogens is 611 g/mol. The fourth-order valence-corrected chi connectivity index (χ4v) is 6.32. The largest absolute Gasteiger partial charge is 0.344 e. The van der Waals surface area contributed by atoms with E-state index in [0.29, 0.717) is 17.0 Å². The Balaban J connectivity index is 1.04. The van der Waals surface area contributed by atoms with Gasteiger partial charge in [-0.15, -0.1) is 0 Å². The van der Waals surface area contributed by atoms with Crippen molar-refractivity contribution in [2.75, 3.05) is 0 Å². The van der Waals surface area contributed by atoms with Gasteiger partial charge in [0.2, 0.25) is 0 Å². The monoisotopic (exact) mass is 639 g/mol. The first-order valence-electron chi connectivity index (χ1n) is 16.4. The van der Waals surface area contributed by atoms with Crippen LogP contribution in [0.2, 0.25) is 0 Å². The van der Waals surface area contributed by atoms with Gasteiger partial charge in [0, 0.05) is 11.1 Å². The van der Waals surface area contributed by atoms with E-state index in [0.717, 1.165) is 66.7 Å². The summed E-state index contributed by atoms with van der Waals surface area (Å²) in [6.07, 6.45) is -0.235. The molecule has 1 aliphatic rings. The Morgan fingerprint density at radius 3 is 1.46 bits per heavy atom. The van der Waals surface area contributed by atoms with Gasteiger partial charge in [-0.2, -0.15) is 10.5 Å². The van der Waals surface area contributed by atoms with Gasteiger partial charge in [-0.05, 0) is 80.0 Å². The number of amidine groups is 2. The predicted molar refractivity (Wildman–Crippen MR) is 202 cm³/mol. The highest BCUT2D eigenvalue weighted by atomic mass is 15.2. The molecule has 0 spiro atoms. The maximum atomic E-state index is 9.36. The van der Waals surface area contributed by atoms with Crippen molar-refractivity contribution in [1.29, 1.82) is 10.5 Å². The summed E-state index contributed by atoms with van der Waals surface area (Å²) in [4.78, 5) is 9.94. The van der Waals surface area contributed by atoms with Crippen LogP contribution in [0, 0.1) is 22.7 Å². The highest BCUT2D eigenvalue weighted by molar-refractivity contribution is 6.13. The minimum absolute atomic E-state index is 0.235. The lowest BCUT2D eigenvalue weighted by molar-refractivity contribution is 0.674. The minimum Gasteiger partial charge on any atom is -0.344 e. The van der Waals surface area contributed by atoms with Gasteiger partial charge >= 0.3 is 0 Å². The molecule has 0 saturated heterocycles. The number of hydrogen-bond donors (Lipinski definition) is 1. The molecule has 7 aromatic rings. The number of hydrogen-bond acceptors (Lipinski definition) is 5. The third kappa shape index (κ3) is 6.16. The van der Waals surface area contributed by atoms with Crippen LogP contribution in [0.3, 0.4) is 0 Å². The van der Waals surface area contributed by atoms with E-state index >= 15 is 0 Å². The van der Waals surface area contributed by atoms with Crippen LogP contribution in [0.1, 0.15) is 34.0 Å². The standard InChI is InChI=1S/C45H29N5/c46-28-30-23-31(29-47)25-42(24-30)34-13-11-32(12-14-34)38-19-21-41-27-39(20-22-40(41)26-38)33-15-17-37(18-16-33)45-49-43(35-7-3-1-4-8-35)48-44(50-45)36-9-5-2-6-10-36/h1-27,43H,(H,48,49,50). The summed E-state index contributed by atoms with van der Waals surface area (Å²) in [7, 11) is 0. The first-order chi connectivity index (χ1) is 24.6. The first-order valence-corrected chi connectivity index (χ1v) is 16.4. The molecule has 0 aromatic heterocycles. The SMILES string of the molecule is N#Cc1cc(C#N)cc(-c2ccc(-c3ccc4cc(-c5ccc(C6=NC(c7ccccc7)NC(c7ccccc7)=N6)cc5)ccc4c3)cc2)c1. The third-order valence-electron chi connectivity index (χ3n) is 8.96. The van der Waals surface area contributed by atoms with Crippen LogP contribution >= 0.6 is 0 Å². The lowest BCUT2D eigenvalue weighted by Crippen LogP contribution is -2.33.